The fourth-order valence-electron chi connectivity index (χ4n) is 6.70. The molecule has 1 saturated carbocycles. The van der Waals surface area contributed by atoms with E-state index in [1.54, 1.807) is 0 Å². The minimum Gasteiger partial charge on any atom is -0.464 e. The molecule has 4 saturated heterocycles. The van der Waals surface area contributed by atoms with Crippen molar-refractivity contribution < 1.29 is 24.6 Å². The zero-order valence-corrected chi connectivity index (χ0v) is 21.2. The van der Waals surface area contributed by atoms with Gasteiger partial charge < -0.3 is 22.0 Å². The predicted octanol–water partition coefficient (Wildman–Crippen LogP) is 1.12. The molecule has 5 rings (SSSR count). The Morgan fingerprint density at radius 3 is 2.73 bits per heavy atom. The molecule has 5 aliphatic rings. The number of rotatable bonds is 4. The smallest absolute Gasteiger partial charge is 0.464 e. The second-order valence-corrected chi connectivity index (χ2v) is 10.8. The van der Waals surface area contributed by atoms with E-state index in [0.717, 1.165) is 31.8 Å². The molecule has 1 spiro atoms. The van der Waals surface area contributed by atoms with E-state index in [1.165, 1.54) is 37.1 Å². The number of likely N-dealkylation sites (tertiary alicyclic amines) is 1. The average Bonchev–Trinajstić information content (AvgIpc) is 3.20. The molecule has 0 bridgehead atoms. The molecule has 6 atom stereocenters. The molecule has 8 heteroatoms. The summed E-state index contributed by atoms with van der Waals surface area (Å²) in [7, 11) is 2.26. The molecule has 6 unspecified atom stereocenters. The third kappa shape index (κ3) is 4.43. The van der Waals surface area contributed by atoms with Gasteiger partial charge in [-0.2, -0.15) is 17.3 Å². The third-order valence-corrected chi connectivity index (χ3v) is 8.28. The maximum Gasteiger partial charge on any atom is 2.00 e. The van der Waals surface area contributed by atoms with Crippen molar-refractivity contribution in [3.05, 3.63) is 17.9 Å². The summed E-state index contributed by atoms with van der Waals surface area (Å²) in [5.41, 5.74) is 4.30. The summed E-state index contributed by atoms with van der Waals surface area (Å²) < 4.78 is 1.28. The SMILES string of the molecule is CC1CC(C2CNC(C[CH-]C3CC4(CCN(C)C4)C3)[CH-]N2)NN2CC(C)[N+](=O)C12.[Os+2]. The topological polar surface area (TPSA) is 62.6 Å². The maximum absolute atomic E-state index is 12.3. The Bertz CT molecular complexity index is 621. The van der Waals surface area contributed by atoms with Crippen molar-refractivity contribution in [2.24, 2.45) is 17.3 Å². The van der Waals surface area contributed by atoms with Gasteiger partial charge in [-0.3, -0.25) is 6.54 Å². The summed E-state index contributed by atoms with van der Waals surface area (Å²) in [5.74, 6) is 1.21. The first-order valence-corrected chi connectivity index (χ1v) is 11.8. The second kappa shape index (κ2) is 9.12. The van der Waals surface area contributed by atoms with Crippen LogP contribution in [0.1, 0.15) is 46.0 Å². The van der Waals surface area contributed by atoms with Crippen LogP contribution in [0.3, 0.4) is 0 Å². The van der Waals surface area contributed by atoms with E-state index in [4.69, 9.17) is 0 Å². The molecule has 1 aliphatic carbocycles. The molecular weight excluding hydrogens is 555 g/mol. The Morgan fingerprint density at radius 1 is 1.27 bits per heavy atom. The minimum atomic E-state index is -0.00504. The summed E-state index contributed by atoms with van der Waals surface area (Å²) in [6.45, 7) is 10.9. The number of fused-ring (bicyclic) bond motifs is 1. The number of piperazine rings is 1. The quantitative estimate of drug-likeness (QED) is 0.336. The van der Waals surface area contributed by atoms with Gasteiger partial charge in [0, 0.05) is 47.7 Å². The Kier molecular flexibility index (Phi) is 7.05. The molecule has 0 aromatic rings. The summed E-state index contributed by atoms with van der Waals surface area (Å²) in [6, 6.07) is 1.27. The van der Waals surface area contributed by atoms with Crippen LogP contribution in [-0.4, -0.2) is 78.2 Å². The van der Waals surface area contributed by atoms with Gasteiger partial charge in [-0.1, -0.05) is 19.8 Å². The minimum absolute atomic E-state index is 0. The van der Waals surface area contributed by atoms with Gasteiger partial charge in [-0.25, -0.2) is 5.43 Å². The molecule has 0 aromatic heterocycles. The number of hydrazine groups is 1. The Morgan fingerprint density at radius 2 is 2.07 bits per heavy atom. The number of nitrogens with one attached hydrogen (secondary N) is 3. The predicted molar refractivity (Wildman–Crippen MR) is 113 cm³/mol. The van der Waals surface area contributed by atoms with E-state index in [1.807, 2.05) is 6.92 Å². The number of nitrogens with zero attached hydrogens (tertiary/aromatic N) is 3. The average molecular weight is 594 g/mol. The van der Waals surface area contributed by atoms with Gasteiger partial charge >= 0.3 is 19.8 Å². The van der Waals surface area contributed by atoms with E-state index < -0.39 is 0 Å². The van der Waals surface area contributed by atoms with E-state index in [9.17, 15) is 4.91 Å². The van der Waals surface area contributed by atoms with Crippen molar-refractivity contribution in [2.45, 2.75) is 76.3 Å². The summed E-state index contributed by atoms with van der Waals surface area (Å²) in [6.07, 6.45) is 8.93. The van der Waals surface area contributed by atoms with Crippen molar-refractivity contribution in [3.63, 3.8) is 0 Å². The fourth-order valence-corrected chi connectivity index (χ4v) is 6.70. The molecule has 5 fully saturated rings. The monoisotopic (exact) mass is 595 g/mol. The van der Waals surface area contributed by atoms with Crippen LogP contribution in [-0.2, 0) is 19.8 Å². The van der Waals surface area contributed by atoms with Gasteiger partial charge in [0.05, 0.1) is 6.54 Å². The molecule has 0 aromatic carbocycles. The second-order valence-electron chi connectivity index (χ2n) is 10.8. The van der Waals surface area contributed by atoms with Crippen LogP contribution < -0.4 is 16.1 Å². The Hall–Kier alpha value is 0.0364. The van der Waals surface area contributed by atoms with Gasteiger partial charge in [0.15, 0.2) is 0 Å². The van der Waals surface area contributed by atoms with Gasteiger partial charge in [0.1, 0.15) is 0 Å². The van der Waals surface area contributed by atoms with Crippen LogP contribution in [0.4, 0.5) is 0 Å². The maximum atomic E-state index is 12.3. The van der Waals surface area contributed by atoms with Crippen molar-refractivity contribution in [1.29, 1.82) is 0 Å². The van der Waals surface area contributed by atoms with Crippen molar-refractivity contribution in [3.8, 4) is 0 Å². The molecule has 3 N–H and O–H groups in total. The largest absolute Gasteiger partial charge is 2.00 e. The van der Waals surface area contributed by atoms with Crippen molar-refractivity contribution >= 4 is 0 Å². The molecule has 7 nitrogen and oxygen atoms in total. The van der Waals surface area contributed by atoms with Crippen LogP contribution in [0, 0.1) is 35.1 Å². The summed E-state index contributed by atoms with van der Waals surface area (Å²) in [5, 5.41) is 9.61. The van der Waals surface area contributed by atoms with Crippen LogP contribution in [0.5, 0.6) is 0 Å². The van der Waals surface area contributed by atoms with Crippen LogP contribution >= 0.6 is 0 Å². The zero-order valence-electron chi connectivity index (χ0n) is 18.7. The normalized spacial score (nSPS) is 47.2. The summed E-state index contributed by atoms with van der Waals surface area (Å²) in [4.78, 5) is 14.8. The first-order chi connectivity index (χ1) is 13.9. The molecule has 30 heavy (non-hydrogen) atoms. The molecule has 0 radical (unpaired) electrons. The van der Waals surface area contributed by atoms with Crippen LogP contribution in [0.25, 0.3) is 0 Å². The molecule has 170 valence electrons. The zero-order chi connectivity index (χ0) is 20.2. The van der Waals surface area contributed by atoms with E-state index in [0.29, 0.717) is 29.5 Å². The van der Waals surface area contributed by atoms with Crippen LogP contribution in [0.2, 0.25) is 0 Å². The third-order valence-electron chi connectivity index (χ3n) is 8.28. The first-order valence-electron chi connectivity index (χ1n) is 11.8. The number of hydrogen-bond donors (Lipinski definition) is 3. The van der Waals surface area contributed by atoms with Crippen molar-refractivity contribution in [2.75, 3.05) is 33.2 Å². The van der Waals surface area contributed by atoms with Gasteiger partial charge in [0.2, 0.25) is 6.04 Å². The van der Waals surface area contributed by atoms with E-state index in [-0.39, 0.29) is 32.0 Å². The van der Waals surface area contributed by atoms with Gasteiger partial charge in [-0.15, -0.1) is 6.04 Å². The number of nitroso groups, excluding NO2 is 1. The molecule has 4 heterocycles. The number of hydrogen-bond acceptors (Lipinski definition) is 6. The molecule has 4 aliphatic heterocycles. The Labute approximate surface area is 195 Å². The van der Waals surface area contributed by atoms with E-state index in [2.05, 4.69) is 52.9 Å². The van der Waals surface area contributed by atoms with Crippen LogP contribution in [0.15, 0.2) is 0 Å². The first kappa shape index (κ1) is 23.2. The molecular formula is C22H39N6OOs+. The van der Waals surface area contributed by atoms with Crippen molar-refractivity contribution in [1.82, 2.24) is 26.0 Å². The fraction of sp³-hybridized carbons (Fsp3) is 0.909. The summed E-state index contributed by atoms with van der Waals surface area (Å²) >= 11 is 0. The standard InChI is InChI=1S/C22H39N6O.Os/c1-15-8-19(25-27-13-16(2)28(29)21(15)27)20-12-23-18(11-24-20)5-4-17-9-22(10-17)6-7-26(3)14-22;/h4,11,15-21,23-25H,5-10,12-14H2,1-3H3;/q-1;+2. The van der Waals surface area contributed by atoms with Gasteiger partial charge in [-0.05, 0) is 31.8 Å². The van der Waals surface area contributed by atoms with Gasteiger partial charge in [0.25, 0.3) is 6.17 Å². The van der Waals surface area contributed by atoms with E-state index >= 15 is 0 Å². The Balaban J connectivity index is 0.00000218. The molecule has 0 amide bonds.